The molecular formula is C43H61IN10O6. The number of azide groups is 1. The third kappa shape index (κ3) is 12.6. The number of aliphatic imine (C=N–C) groups is 2. The number of halogens is 1. The number of benzene rings is 2. The van der Waals surface area contributed by atoms with Gasteiger partial charge in [0.2, 0.25) is 11.8 Å². The molecule has 0 spiro atoms. The Morgan fingerprint density at radius 2 is 1.32 bits per heavy atom. The summed E-state index contributed by atoms with van der Waals surface area (Å²) >= 11 is 2.31. The van der Waals surface area contributed by atoms with Crippen LogP contribution in [0.15, 0.2) is 51.5 Å². The number of amides is 4. The van der Waals surface area contributed by atoms with Crippen molar-refractivity contribution >= 4 is 75.1 Å². The number of ether oxygens (including phenoxy) is 2. The standard InChI is InChI=1S/C19H24IN3O3.C19H24N6O3.C5H13N/c1-11(2)17(22-19(25)26-3)18(24)23-8-4-5-16(23)15-10-12-9-13(20)6-7-14(12)21-15;1-11(2)17(22-19(27)28-3)18(26)25-8-4-5-16(25)15-10-12-9-13(23-24-20)6-7-14(12)21-15;1-3-4-5-6-2/h6-7,9,11,16-17H,4-5,8,10H2,1-3H3,(H,22,25);6-7,9,11,16-17H,4-5,8,10H2,1-3H3,(H,22,27);6H,3-5H2,1-2H3/t2*16-,17-;/m00./s1. The molecular weight excluding hydrogens is 879 g/mol. The molecule has 2 fully saturated rings. The van der Waals surface area contributed by atoms with Gasteiger partial charge in [-0.3, -0.25) is 19.6 Å². The highest BCUT2D eigenvalue weighted by molar-refractivity contribution is 14.1. The molecule has 0 bridgehead atoms. The Labute approximate surface area is 367 Å². The summed E-state index contributed by atoms with van der Waals surface area (Å²) in [5.41, 5.74) is 15.2. The smallest absolute Gasteiger partial charge is 0.407 e. The molecule has 4 amide bonds. The zero-order valence-electron chi connectivity index (χ0n) is 36.2. The fraction of sp³-hybridized carbons (Fsp3) is 0.581. The fourth-order valence-corrected chi connectivity index (χ4v) is 8.32. The highest BCUT2D eigenvalue weighted by Gasteiger charge is 2.40. The predicted octanol–water partition coefficient (Wildman–Crippen LogP) is 7.93. The number of likely N-dealkylation sites (tertiary alicyclic amines) is 2. The number of hydrogen-bond donors (Lipinski definition) is 3. The number of carbonyl (C=O) groups is 4. The second-order valence-corrected chi connectivity index (χ2v) is 17.1. The number of rotatable bonds is 12. The van der Waals surface area contributed by atoms with E-state index in [1.807, 2.05) is 62.7 Å². The number of alkyl carbamates (subject to hydrolysis) is 2. The van der Waals surface area contributed by atoms with Crippen molar-refractivity contribution in [3.63, 3.8) is 0 Å². The predicted molar refractivity (Wildman–Crippen MR) is 243 cm³/mol. The average molecular weight is 941 g/mol. The summed E-state index contributed by atoms with van der Waals surface area (Å²) in [5, 5.41) is 12.0. The third-order valence-corrected chi connectivity index (χ3v) is 11.6. The maximum atomic E-state index is 13.2. The Bertz CT molecular complexity index is 1940. The molecule has 0 saturated carbocycles. The summed E-state index contributed by atoms with van der Waals surface area (Å²) in [6.07, 6.45) is 6.41. The van der Waals surface area contributed by atoms with E-state index in [1.165, 1.54) is 36.2 Å². The van der Waals surface area contributed by atoms with Crippen molar-refractivity contribution in [3.8, 4) is 0 Å². The fourth-order valence-electron chi connectivity index (χ4n) is 7.77. The summed E-state index contributed by atoms with van der Waals surface area (Å²) in [5.74, 6) is -0.258. The number of carbonyl (C=O) groups excluding carboxylic acids is 4. The number of unbranched alkanes of at least 4 members (excludes halogenated alkanes) is 1. The van der Waals surface area contributed by atoms with Crippen LogP contribution >= 0.6 is 22.6 Å². The largest absolute Gasteiger partial charge is 0.453 e. The van der Waals surface area contributed by atoms with Crippen LogP contribution in [0.25, 0.3) is 10.4 Å². The van der Waals surface area contributed by atoms with Crippen molar-refractivity contribution in [2.45, 2.75) is 110 Å². The molecule has 2 saturated heterocycles. The van der Waals surface area contributed by atoms with Crippen molar-refractivity contribution in [3.05, 3.63) is 61.5 Å². The first-order chi connectivity index (χ1) is 28.8. The van der Waals surface area contributed by atoms with E-state index in [0.717, 1.165) is 67.0 Å². The molecule has 0 radical (unpaired) electrons. The highest BCUT2D eigenvalue weighted by Crippen LogP contribution is 2.35. The Morgan fingerprint density at radius 3 is 1.73 bits per heavy atom. The van der Waals surface area contributed by atoms with E-state index in [1.54, 1.807) is 6.07 Å². The van der Waals surface area contributed by atoms with Gasteiger partial charge >= 0.3 is 12.2 Å². The van der Waals surface area contributed by atoms with E-state index < -0.39 is 24.3 Å². The maximum Gasteiger partial charge on any atom is 0.407 e. The lowest BCUT2D eigenvalue weighted by Crippen LogP contribution is -2.53. The molecule has 6 rings (SSSR count). The van der Waals surface area contributed by atoms with Gasteiger partial charge in [-0.1, -0.05) is 52.2 Å². The van der Waals surface area contributed by atoms with Gasteiger partial charge in [-0.15, -0.1) is 0 Å². The van der Waals surface area contributed by atoms with Crippen LogP contribution in [-0.4, -0.2) is 110 Å². The topological polar surface area (TPSA) is 203 Å². The van der Waals surface area contributed by atoms with Crippen LogP contribution in [-0.2, 0) is 31.9 Å². The molecule has 60 heavy (non-hydrogen) atoms. The number of nitrogens with zero attached hydrogens (tertiary/aromatic N) is 7. The minimum Gasteiger partial charge on any atom is -0.453 e. The second-order valence-electron chi connectivity index (χ2n) is 15.9. The third-order valence-electron chi connectivity index (χ3n) is 10.9. The Hall–Kier alpha value is -4.74. The molecule has 326 valence electrons. The summed E-state index contributed by atoms with van der Waals surface area (Å²) in [6, 6.07) is 10.3. The summed E-state index contributed by atoms with van der Waals surface area (Å²) in [4.78, 5) is 65.6. The van der Waals surface area contributed by atoms with Gasteiger partial charge in [0.25, 0.3) is 0 Å². The molecule has 0 unspecified atom stereocenters. The molecule has 2 aromatic carbocycles. The van der Waals surface area contributed by atoms with Crippen LogP contribution in [0.5, 0.6) is 0 Å². The van der Waals surface area contributed by atoms with Gasteiger partial charge in [0.05, 0.1) is 37.7 Å². The van der Waals surface area contributed by atoms with Gasteiger partial charge in [0.15, 0.2) is 0 Å². The van der Waals surface area contributed by atoms with Gasteiger partial charge in [-0.05, 0) is 127 Å². The lowest BCUT2D eigenvalue weighted by Gasteiger charge is -2.30. The van der Waals surface area contributed by atoms with E-state index in [0.29, 0.717) is 25.2 Å². The van der Waals surface area contributed by atoms with Crippen molar-refractivity contribution in [1.82, 2.24) is 25.8 Å². The van der Waals surface area contributed by atoms with Crippen LogP contribution in [0.3, 0.4) is 0 Å². The number of methoxy groups -OCH3 is 2. The van der Waals surface area contributed by atoms with Gasteiger partial charge in [0, 0.05) is 51.5 Å². The molecule has 4 atom stereocenters. The maximum absolute atomic E-state index is 13.2. The lowest BCUT2D eigenvalue weighted by molar-refractivity contribution is -0.134. The van der Waals surface area contributed by atoms with Gasteiger partial charge in [-0.2, -0.15) is 0 Å². The molecule has 17 heteroatoms. The molecule has 4 heterocycles. The van der Waals surface area contributed by atoms with E-state index in [2.05, 4.69) is 77.1 Å². The van der Waals surface area contributed by atoms with Crippen molar-refractivity contribution in [2.24, 2.45) is 26.9 Å². The lowest BCUT2D eigenvalue weighted by atomic mass is 10.00. The van der Waals surface area contributed by atoms with E-state index in [4.69, 9.17) is 15.5 Å². The van der Waals surface area contributed by atoms with Crippen molar-refractivity contribution in [1.29, 1.82) is 0 Å². The molecule has 3 N–H and O–H groups in total. The summed E-state index contributed by atoms with van der Waals surface area (Å²) < 4.78 is 10.5. The Morgan fingerprint density at radius 1 is 0.833 bits per heavy atom. The number of hydrogen-bond acceptors (Lipinski definition) is 10. The van der Waals surface area contributed by atoms with Crippen LogP contribution < -0.4 is 16.0 Å². The summed E-state index contributed by atoms with van der Waals surface area (Å²) in [7, 11) is 4.57. The molecule has 4 aliphatic rings. The first-order valence-electron chi connectivity index (χ1n) is 20.8. The highest BCUT2D eigenvalue weighted by atomic mass is 127. The SMILES string of the molecule is CCCCNC.COC(=O)N[C@H](C(=O)N1CCC[C@H]1C1=Nc2ccc(I)cc2C1)C(C)C.COC(=O)N[C@H](C(=O)N1CCC[C@H]1C1=Nc2ccc(N=[N+]=[N-])cc2C1)C(C)C. The first kappa shape index (κ1) is 47.9. The van der Waals surface area contributed by atoms with Gasteiger partial charge < -0.3 is 35.2 Å². The van der Waals surface area contributed by atoms with E-state index in [-0.39, 0.29) is 35.7 Å². The van der Waals surface area contributed by atoms with E-state index >= 15 is 0 Å². The van der Waals surface area contributed by atoms with Crippen LogP contribution in [0.2, 0.25) is 0 Å². The molecule has 2 aromatic rings. The van der Waals surface area contributed by atoms with Gasteiger partial charge in [0.1, 0.15) is 12.1 Å². The average Bonchev–Trinajstić information content (AvgIpc) is 4.06. The second kappa shape index (κ2) is 23.3. The van der Waals surface area contributed by atoms with Crippen molar-refractivity contribution in [2.75, 3.05) is 40.9 Å². The summed E-state index contributed by atoms with van der Waals surface area (Å²) in [6.45, 7) is 12.3. The molecule has 0 aromatic heterocycles. The number of nitrogens with one attached hydrogen (secondary N) is 3. The van der Waals surface area contributed by atoms with Crippen LogP contribution in [0, 0.1) is 15.4 Å². The zero-order chi connectivity index (χ0) is 43.9. The molecule has 4 aliphatic heterocycles. The van der Waals surface area contributed by atoms with Crippen LogP contribution in [0.4, 0.5) is 26.7 Å². The number of fused-ring (bicyclic) bond motifs is 2. The first-order valence-corrected chi connectivity index (χ1v) is 21.9. The van der Waals surface area contributed by atoms with Gasteiger partial charge in [-0.25, -0.2) is 9.59 Å². The normalized spacial score (nSPS) is 18.4. The monoisotopic (exact) mass is 940 g/mol. The molecule has 0 aliphatic carbocycles. The van der Waals surface area contributed by atoms with Crippen LogP contribution in [0.1, 0.15) is 84.3 Å². The van der Waals surface area contributed by atoms with E-state index in [9.17, 15) is 19.2 Å². The Balaban J connectivity index is 0.000000234. The Kier molecular flexibility index (Phi) is 18.6. The minimum absolute atomic E-state index is 0.00765. The zero-order valence-corrected chi connectivity index (χ0v) is 38.3. The van der Waals surface area contributed by atoms with Crippen molar-refractivity contribution < 1.29 is 28.7 Å². The minimum atomic E-state index is -0.644. The quantitative estimate of drug-likeness (QED) is 0.0630. The molecule has 16 nitrogen and oxygen atoms in total.